The molecule has 3 aliphatic carbocycles. The van der Waals surface area contributed by atoms with Crippen LogP contribution in [0, 0.1) is 23.6 Å². The number of halogens is 1. The summed E-state index contributed by atoms with van der Waals surface area (Å²) in [4.78, 5) is 11.2. The third-order valence-corrected chi connectivity index (χ3v) is 9.87. The zero-order valence-electron chi connectivity index (χ0n) is 23.8. The standard InChI is InChI=1S/C38H37FO3/c39-32-11-6-27(7-12-32)36-16-10-29-20-34(41-24-25-4-2-1-3-5-25)15-17-37(29)38(36)28-8-13-33(14-9-28)42-35-21-30-18-26(23-40)19-31(30)22-35/h1-9,11-15,17,20,23,26,30-31,35-36,38H,10,16,18-19,21-22,24H2/t26?,30?,31?,35?,36-,38+/m1/s1. The average molecular weight is 561 g/mol. The number of carbonyl (C=O) groups is 1. The van der Waals surface area contributed by atoms with Gasteiger partial charge in [-0.1, -0.05) is 60.7 Å². The van der Waals surface area contributed by atoms with Crippen LogP contribution in [0.2, 0.25) is 0 Å². The number of fused-ring (bicyclic) bond motifs is 2. The summed E-state index contributed by atoms with van der Waals surface area (Å²) < 4.78 is 26.4. The van der Waals surface area contributed by atoms with E-state index in [0.717, 1.165) is 61.9 Å². The van der Waals surface area contributed by atoms with Gasteiger partial charge in [0.15, 0.2) is 0 Å². The van der Waals surface area contributed by atoms with Gasteiger partial charge < -0.3 is 14.3 Å². The lowest BCUT2D eigenvalue weighted by Crippen LogP contribution is -2.21. The van der Waals surface area contributed by atoms with Crippen molar-refractivity contribution in [1.82, 2.24) is 0 Å². The van der Waals surface area contributed by atoms with Gasteiger partial charge in [-0.25, -0.2) is 4.39 Å². The van der Waals surface area contributed by atoms with Crippen LogP contribution in [0.5, 0.6) is 11.5 Å². The average Bonchev–Trinajstić information content (AvgIpc) is 3.59. The van der Waals surface area contributed by atoms with Crippen molar-refractivity contribution in [1.29, 1.82) is 0 Å². The van der Waals surface area contributed by atoms with Gasteiger partial charge in [0.05, 0.1) is 6.10 Å². The van der Waals surface area contributed by atoms with Crippen LogP contribution in [0.25, 0.3) is 0 Å². The van der Waals surface area contributed by atoms with Crippen molar-refractivity contribution in [3.63, 3.8) is 0 Å². The van der Waals surface area contributed by atoms with E-state index < -0.39 is 0 Å². The molecule has 0 N–H and O–H groups in total. The normalized spacial score (nSPS) is 26.3. The van der Waals surface area contributed by atoms with Crippen LogP contribution in [0.4, 0.5) is 4.39 Å². The van der Waals surface area contributed by atoms with E-state index in [4.69, 9.17) is 9.47 Å². The number of hydrogen-bond acceptors (Lipinski definition) is 3. The molecule has 3 aliphatic rings. The number of hydrogen-bond donors (Lipinski definition) is 0. The van der Waals surface area contributed by atoms with Crippen molar-refractivity contribution >= 4 is 6.29 Å². The van der Waals surface area contributed by atoms with E-state index in [1.807, 2.05) is 30.3 Å². The summed E-state index contributed by atoms with van der Waals surface area (Å²) in [5, 5.41) is 0. The van der Waals surface area contributed by atoms with Gasteiger partial charge in [0, 0.05) is 11.8 Å². The first kappa shape index (κ1) is 26.9. The van der Waals surface area contributed by atoms with Gasteiger partial charge in [0.2, 0.25) is 0 Å². The second-order valence-electron chi connectivity index (χ2n) is 12.5. The molecule has 0 heterocycles. The Hall–Kier alpha value is -3.92. The first-order chi connectivity index (χ1) is 20.6. The molecule has 0 aromatic heterocycles. The molecule has 0 bridgehead atoms. The third-order valence-electron chi connectivity index (χ3n) is 9.87. The van der Waals surface area contributed by atoms with E-state index in [2.05, 4.69) is 54.6 Å². The summed E-state index contributed by atoms with van der Waals surface area (Å²) >= 11 is 0. The van der Waals surface area contributed by atoms with E-state index in [1.54, 1.807) is 12.1 Å². The third kappa shape index (κ3) is 5.60. The Morgan fingerprint density at radius 3 is 2.17 bits per heavy atom. The van der Waals surface area contributed by atoms with Crippen molar-refractivity contribution in [3.8, 4) is 11.5 Å². The maximum Gasteiger partial charge on any atom is 0.123 e. The first-order valence-corrected chi connectivity index (χ1v) is 15.4. The van der Waals surface area contributed by atoms with Gasteiger partial charge in [0.1, 0.15) is 30.2 Å². The Labute approximate surface area is 247 Å². The number of rotatable bonds is 8. The summed E-state index contributed by atoms with van der Waals surface area (Å²) in [6.07, 6.45) is 7.46. The minimum atomic E-state index is -0.203. The molecule has 0 saturated heterocycles. The second-order valence-corrected chi connectivity index (χ2v) is 12.5. The first-order valence-electron chi connectivity index (χ1n) is 15.4. The highest BCUT2D eigenvalue weighted by Gasteiger charge is 2.42. The topological polar surface area (TPSA) is 35.5 Å². The highest BCUT2D eigenvalue weighted by molar-refractivity contribution is 5.54. The molecule has 0 amide bonds. The van der Waals surface area contributed by atoms with E-state index >= 15 is 0 Å². The molecule has 42 heavy (non-hydrogen) atoms. The minimum Gasteiger partial charge on any atom is -0.490 e. The molecule has 0 spiro atoms. The Bertz CT molecular complexity index is 1500. The molecule has 2 fully saturated rings. The fraction of sp³-hybridized carbons (Fsp3) is 0.342. The van der Waals surface area contributed by atoms with Crippen LogP contribution in [0.1, 0.15) is 71.8 Å². The Kier molecular flexibility index (Phi) is 7.54. The zero-order valence-corrected chi connectivity index (χ0v) is 23.8. The van der Waals surface area contributed by atoms with Gasteiger partial charge in [-0.3, -0.25) is 0 Å². The molecule has 214 valence electrons. The summed E-state index contributed by atoms with van der Waals surface area (Å²) in [6, 6.07) is 32.5. The van der Waals surface area contributed by atoms with Crippen molar-refractivity contribution < 1.29 is 18.7 Å². The van der Waals surface area contributed by atoms with Gasteiger partial charge >= 0.3 is 0 Å². The van der Waals surface area contributed by atoms with E-state index in [-0.39, 0.29) is 29.7 Å². The molecule has 2 unspecified atom stereocenters. The highest BCUT2D eigenvalue weighted by atomic mass is 19.1. The van der Waals surface area contributed by atoms with Crippen LogP contribution in [0.3, 0.4) is 0 Å². The maximum absolute atomic E-state index is 13.8. The summed E-state index contributed by atoms with van der Waals surface area (Å²) in [6.45, 7) is 0.545. The van der Waals surface area contributed by atoms with E-state index in [1.165, 1.54) is 22.3 Å². The second kappa shape index (κ2) is 11.8. The highest BCUT2D eigenvalue weighted by Crippen LogP contribution is 2.49. The SMILES string of the molecule is O=CC1CC2CC(Oc3ccc([C@@H]4c5ccc(OCc6ccccc6)cc5CC[C@@H]4c4ccc(F)cc4)cc3)CC2C1. The Morgan fingerprint density at radius 1 is 0.762 bits per heavy atom. The van der Waals surface area contributed by atoms with Gasteiger partial charge in [-0.15, -0.1) is 0 Å². The van der Waals surface area contributed by atoms with Crippen LogP contribution in [0.15, 0.2) is 97.1 Å². The molecule has 0 radical (unpaired) electrons. The lowest BCUT2D eigenvalue weighted by atomic mass is 9.69. The molecule has 4 aromatic rings. The van der Waals surface area contributed by atoms with E-state index in [0.29, 0.717) is 18.4 Å². The molecular formula is C38H37FO3. The molecule has 3 nitrogen and oxygen atoms in total. The van der Waals surface area contributed by atoms with Crippen molar-refractivity contribution in [2.75, 3.05) is 0 Å². The minimum absolute atomic E-state index is 0.155. The number of ether oxygens (including phenoxy) is 2. The van der Waals surface area contributed by atoms with Crippen molar-refractivity contribution in [3.05, 3.63) is 131 Å². The van der Waals surface area contributed by atoms with Gasteiger partial charge in [-0.05, 0) is 120 Å². The Balaban J connectivity index is 1.12. The van der Waals surface area contributed by atoms with E-state index in [9.17, 15) is 9.18 Å². The molecule has 4 heteroatoms. The van der Waals surface area contributed by atoms with Crippen LogP contribution >= 0.6 is 0 Å². The fourth-order valence-electron chi connectivity index (χ4n) is 7.87. The number of carbonyl (C=O) groups excluding carboxylic acids is 1. The summed E-state index contributed by atoms with van der Waals surface area (Å²) in [5.74, 6) is 3.51. The zero-order chi connectivity index (χ0) is 28.5. The van der Waals surface area contributed by atoms with Gasteiger partial charge in [0.25, 0.3) is 0 Å². The number of aldehydes is 1. The quantitative estimate of drug-likeness (QED) is 0.202. The van der Waals surface area contributed by atoms with Crippen LogP contribution < -0.4 is 9.47 Å². The maximum atomic E-state index is 13.8. The molecule has 2 saturated carbocycles. The molecule has 0 aliphatic heterocycles. The summed E-state index contributed by atoms with van der Waals surface area (Å²) in [5.41, 5.74) is 6.19. The lowest BCUT2D eigenvalue weighted by Gasteiger charge is -2.35. The predicted octanol–water partition coefficient (Wildman–Crippen LogP) is 8.65. The molecule has 4 aromatic carbocycles. The number of benzene rings is 4. The fourth-order valence-corrected chi connectivity index (χ4v) is 7.87. The Morgan fingerprint density at radius 2 is 1.45 bits per heavy atom. The smallest absolute Gasteiger partial charge is 0.123 e. The molecular weight excluding hydrogens is 523 g/mol. The molecule has 7 rings (SSSR count). The van der Waals surface area contributed by atoms with Crippen LogP contribution in [-0.2, 0) is 17.8 Å². The summed E-state index contributed by atoms with van der Waals surface area (Å²) in [7, 11) is 0. The molecule has 4 atom stereocenters. The largest absolute Gasteiger partial charge is 0.490 e. The van der Waals surface area contributed by atoms with Crippen molar-refractivity contribution in [2.24, 2.45) is 17.8 Å². The predicted molar refractivity (Wildman–Crippen MR) is 162 cm³/mol. The lowest BCUT2D eigenvalue weighted by molar-refractivity contribution is -0.111. The van der Waals surface area contributed by atoms with Crippen LogP contribution in [-0.4, -0.2) is 12.4 Å². The van der Waals surface area contributed by atoms with Gasteiger partial charge in [-0.2, -0.15) is 0 Å². The monoisotopic (exact) mass is 560 g/mol. The van der Waals surface area contributed by atoms with Crippen molar-refractivity contribution in [2.45, 2.75) is 63.1 Å². The number of aryl methyl sites for hydroxylation is 1.